The van der Waals surface area contributed by atoms with Crippen LogP contribution in [0, 0.1) is 0 Å². The Bertz CT molecular complexity index is 224. The number of anilines is 1. The molecule has 0 fully saturated rings. The Kier molecular flexibility index (Phi) is 1.84. The maximum absolute atomic E-state index is 8.87. The maximum Gasteiger partial charge on any atom is 0.130 e. The van der Waals surface area contributed by atoms with E-state index >= 15 is 0 Å². The lowest BCUT2D eigenvalue weighted by molar-refractivity contribution is 0.187. The second kappa shape index (κ2) is 2.64. The van der Waals surface area contributed by atoms with Gasteiger partial charge in [0.2, 0.25) is 0 Å². The Morgan fingerprint density at radius 3 is 2.70 bits per heavy atom. The first-order valence-corrected chi connectivity index (χ1v) is 2.85. The molecule has 0 radical (unpaired) electrons. The lowest BCUT2D eigenvalue weighted by Gasteiger charge is -2.05. The van der Waals surface area contributed by atoms with Crippen LogP contribution in [-0.4, -0.2) is 10.1 Å². The van der Waals surface area contributed by atoms with Crippen molar-refractivity contribution in [3.63, 3.8) is 0 Å². The van der Waals surface area contributed by atoms with Crippen LogP contribution in [0.25, 0.3) is 0 Å². The number of hydrogen-bond donors (Lipinski definition) is 3. The van der Waals surface area contributed by atoms with E-state index in [1.807, 2.05) is 0 Å². The molecule has 54 valence electrons. The van der Waals surface area contributed by atoms with Gasteiger partial charge in [-0.15, -0.1) is 0 Å². The Morgan fingerprint density at radius 1 is 1.60 bits per heavy atom. The third-order valence-corrected chi connectivity index (χ3v) is 1.21. The number of hydrogen-bond acceptors (Lipinski definition) is 4. The molecule has 1 atom stereocenters. The summed E-state index contributed by atoms with van der Waals surface area (Å²) in [6.07, 6.45) is 1.97. The fourth-order valence-corrected chi connectivity index (χ4v) is 0.687. The van der Waals surface area contributed by atoms with Crippen LogP contribution in [0.2, 0.25) is 0 Å². The van der Waals surface area contributed by atoms with Crippen LogP contribution in [0.1, 0.15) is 11.8 Å². The molecule has 5 N–H and O–H groups in total. The lowest BCUT2D eigenvalue weighted by atomic mass is 10.2. The van der Waals surface area contributed by atoms with Crippen LogP contribution in [0.4, 0.5) is 5.69 Å². The monoisotopic (exact) mass is 139 g/mol. The predicted octanol–water partition coefficient (Wildman–Crippen LogP) is -0.387. The molecule has 0 bridgehead atoms. The number of aromatic nitrogens is 1. The highest BCUT2D eigenvalue weighted by molar-refractivity contribution is 5.44. The molecule has 0 aromatic carbocycles. The van der Waals surface area contributed by atoms with Crippen LogP contribution in [0.15, 0.2) is 18.5 Å². The second-order valence-corrected chi connectivity index (χ2v) is 1.95. The molecule has 0 aliphatic carbocycles. The van der Waals surface area contributed by atoms with E-state index < -0.39 is 6.23 Å². The average molecular weight is 139 g/mol. The standard InChI is InChI=1S/C6H9N3O/c7-5-3-9-2-1-4(5)6(8)10/h1-3,6,10H,7-8H2. The van der Waals surface area contributed by atoms with Gasteiger partial charge in [0, 0.05) is 11.8 Å². The Labute approximate surface area is 58.5 Å². The molecule has 1 unspecified atom stereocenters. The molecule has 0 amide bonds. The van der Waals surface area contributed by atoms with Gasteiger partial charge in [0.15, 0.2) is 0 Å². The first-order chi connectivity index (χ1) is 4.72. The van der Waals surface area contributed by atoms with E-state index in [1.165, 1.54) is 12.4 Å². The molecular weight excluding hydrogens is 130 g/mol. The number of rotatable bonds is 1. The van der Waals surface area contributed by atoms with Crippen molar-refractivity contribution in [1.82, 2.24) is 4.98 Å². The van der Waals surface area contributed by atoms with Gasteiger partial charge in [0.1, 0.15) is 6.23 Å². The zero-order valence-electron chi connectivity index (χ0n) is 5.36. The fourth-order valence-electron chi connectivity index (χ4n) is 0.687. The molecule has 4 heteroatoms. The molecule has 1 aromatic rings. The summed E-state index contributed by atoms with van der Waals surface area (Å²) in [4.78, 5) is 3.74. The van der Waals surface area contributed by atoms with E-state index in [0.717, 1.165) is 0 Å². The van der Waals surface area contributed by atoms with Gasteiger partial charge in [0.05, 0.1) is 11.9 Å². The summed E-state index contributed by atoms with van der Waals surface area (Å²) < 4.78 is 0. The molecule has 10 heavy (non-hydrogen) atoms. The van der Waals surface area contributed by atoms with E-state index in [-0.39, 0.29) is 0 Å². The van der Waals surface area contributed by atoms with Crippen LogP contribution in [-0.2, 0) is 0 Å². The number of aliphatic hydroxyl groups is 1. The first-order valence-electron chi connectivity index (χ1n) is 2.85. The van der Waals surface area contributed by atoms with Gasteiger partial charge in [-0.3, -0.25) is 4.98 Å². The third-order valence-electron chi connectivity index (χ3n) is 1.21. The first kappa shape index (κ1) is 6.98. The van der Waals surface area contributed by atoms with Gasteiger partial charge in [-0.05, 0) is 6.07 Å². The molecule has 4 nitrogen and oxygen atoms in total. The van der Waals surface area contributed by atoms with Gasteiger partial charge in [-0.25, -0.2) is 0 Å². The molecule has 0 aliphatic rings. The van der Waals surface area contributed by atoms with Crippen molar-refractivity contribution in [3.05, 3.63) is 24.0 Å². The van der Waals surface area contributed by atoms with Crippen LogP contribution < -0.4 is 11.5 Å². The number of nitrogen functional groups attached to an aromatic ring is 1. The van der Waals surface area contributed by atoms with Crippen molar-refractivity contribution in [3.8, 4) is 0 Å². The summed E-state index contributed by atoms with van der Waals surface area (Å²) in [5.74, 6) is 0. The topological polar surface area (TPSA) is 85.2 Å². The zero-order chi connectivity index (χ0) is 7.56. The highest BCUT2D eigenvalue weighted by Crippen LogP contribution is 2.13. The van der Waals surface area contributed by atoms with Gasteiger partial charge in [-0.1, -0.05) is 0 Å². The highest BCUT2D eigenvalue weighted by Gasteiger charge is 2.03. The van der Waals surface area contributed by atoms with Crippen molar-refractivity contribution in [1.29, 1.82) is 0 Å². The summed E-state index contributed by atoms with van der Waals surface area (Å²) in [6, 6.07) is 1.58. The number of aliphatic hydroxyl groups excluding tert-OH is 1. The third kappa shape index (κ3) is 1.23. The summed E-state index contributed by atoms with van der Waals surface area (Å²) in [5.41, 5.74) is 11.5. The molecule has 0 spiro atoms. The van der Waals surface area contributed by atoms with E-state index in [1.54, 1.807) is 6.07 Å². The van der Waals surface area contributed by atoms with E-state index in [2.05, 4.69) is 4.98 Å². The minimum absolute atomic E-state index is 0.414. The summed E-state index contributed by atoms with van der Waals surface area (Å²) in [5, 5.41) is 8.87. The minimum Gasteiger partial charge on any atom is -0.397 e. The zero-order valence-corrected chi connectivity index (χ0v) is 5.36. The quantitative estimate of drug-likeness (QED) is 0.463. The lowest BCUT2D eigenvalue weighted by Crippen LogP contribution is -2.10. The number of nitrogens with two attached hydrogens (primary N) is 2. The SMILES string of the molecule is Nc1cnccc1C(N)O. The van der Waals surface area contributed by atoms with Crippen molar-refractivity contribution >= 4 is 5.69 Å². The molecule has 0 saturated carbocycles. The van der Waals surface area contributed by atoms with Crippen molar-refractivity contribution < 1.29 is 5.11 Å². The normalized spacial score (nSPS) is 13.0. The van der Waals surface area contributed by atoms with Crippen LogP contribution in [0.3, 0.4) is 0 Å². The second-order valence-electron chi connectivity index (χ2n) is 1.95. The Balaban J connectivity index is 3.03. The Morgan fingerprint density at radius 2 is 2.30 bits per heavy atom. The molecule has 1 rings (SSSR count). The Hall–Kier alpha value is -1.13. The van der Waals surface area contributed by atoms with Crippen molar-refractivity contribution in [2.45, 2.75) is 6.23 Å². The molecule has 0 saturated heterocycles. The molecule has 1 aromatic heterocycles. The minimum atomic E-state index is -1.01. The largest absolute Gasteiger partial charge is 0.397 e. The predicted molar refractivity (Wildman–Crippen MR) is 37.8 cm³/mol. The maximum atomic E-state index is 8.87. The van der Waals surface area contributed by atoms with Crippen molar-refractivity contribution in [2.75, 3.05) is 5.73 Å². The van der Waals surface area contributed by atoms with Gasteiger partial charge >= 0.3 is 0 Å². The van der Waals surface area contributed by atoms with E-state index in [9.17, 15) is 0 Å². The number of pyridine rings is 1. The van der Waals surface area contributed by atoms with E-state index in [4.69, 9.17) is 16.6 Å². The van der Waals surface area contributed by atoms with E-state index in [0.29, 0.717) is 11.3 Å². The summed E-state index contributed by atoms with van der Waals surface area (Å²) in [7, 11) is 0. The van der Waals surface area contributed by atoms with Gasteiger partial charge < -0.3 is 16.6 Å². The summed E-state index contributed by atoms with van der Waals surface area (Å²) >= 11 is 0. The summed E-state index contributed by atoms with van der Waals surface area (Å²) in [6.45, 7) is 0. The highest BCUT2D eigenvalue weighted by atomic mass is 16.3. The average Bonchev–Trinajstić information content (AvgIpc) is 1.88. The smallest absolute Gasteiger partial charge is 0.130 e. The molecule has 1 heterocycles. The number of nitrogens with zero attached hydrogens (tertiary/aromatic N) is 1. The molecule has 0 aliphatic heterocycles. The van der Waals surface area contributed by atoms with Gasteiger partial charge in [-0.2, -0.15) is 0 Å². The van der Waals surface area contributed by atoms with Gasteiger partial charge in [0.25, 0.3) is 0 Å². The molecular formula is C6H9N3O. The van der Waals surface area contributed by atoms with Crippen LogP contribution in [0.5, 0.6) is 0 Å². The fraction of sp³-hybridized carbons (Fsp3) is 0.167. The van der Waals surface area contributed by atoms with Crippen LogP contribution >= 0.6 is 0 Å². The van der Waals surface area contributed by atoms with Crippen molar-refractivity contribution in [2.24, 2.45) is 5.73 Å².